The van der Waals surface area contributed by atoms with Crippen LogP contribution in [0.3, 0.4) is 0 Å². The Morgan fingerprint density at radius 2 is 1.85 bits per heavy atom. The normalized spacial score (nSPS) is 13.5. The number of aliphatic hydroxyl groups is 1. The van der Waals surface area contributed by atoms with Crippen molar-refractivity contribution in [2.24, 2.45) is 0 Å². The summed E-state index contributed by atoms with van der Waals surface area (Å²) in [5.74, 6) is -1.02. The molecular formula is C28H26ClF2N5O3. The zero-order valence-corrected chi connectivity index (χ0v) is 22.6. The molecule has 8 nitrogen and oxygen atoms in total. The molecule has 4 aromatic rings. The van der Waals surface area contributed by atoms with E-state index >= 15 is 0 Å². The predicted octanol–water partition coefficient (Wildman–Crippen LogP) is 5.32. The van der Waals surface area contributed by atoms with Crippen LogP contribution in [0, 0.1) is 25.5 Å². The van der Waals surface area contributed by atoms with E-state index < -0.39 is 22.8 Å². The Balaban J connectivity index is 1.55. The Morgan fingerprint density at radius 1 is 1.10 bits per heavy atom. The van der Waals surface area contributed by atoms with Gasteiger partial charge in [0.05, 0.1) is 23.3 Å². The van der Waals surface area contributed by atoms with E-state index in [1.165, 1.54) is 4.57 Å². The minimum Gasteiger partial charge on any atom is -0.485 e. The van der Waals surface area contributed by atoms with E-state index in [4.69, 9.17) is 16.3 Å². The van der Waals surface area contributed by atoms with Gasteiger partial charge < -0.3 is 9.84 Å². The molecule has 39 heavy (non-hydrogen) atoms. The molecule has 1 aliphatic carbocycles. The molecule has 4 aromatic heterocycles. The molecule has 0 amide bonds. The monoisotopic (exact) mass is 553 g/mol. The summed E-state index contributed by atoms with van der Waals surface area (Å²) in [5.41, 5.74) is 1.96. The van der Waals surface area contributed by atoms with E-state index in [1.54, 1.807) is 45.3 Å². The lowest BCUT2D eigenvalue weighted by atomic mass is 10.0. The Bertz CT molecular complexity index is 1650. The maximum absolute atomic E-state index is 14.0. The Morgan fingerprint density at radius 3 is 2.51 bits per heavy atom. The van der Waals surface area contributed by atoms with Gasteiger partial charge in [0.25, 0.3) is 5.56 Å². The number of ether oxygens (including phenoxy) is 1. The van der Waals surface area contributed by atoms with Gasteiger partial charge in [0.15, 0.2) is 11.6 Å². The molecule has 5 rings (SSSR count). The highest BCUT2D eigenvalue weighted by atomic mass is 35.5. The van der Waals surface area contributed by atoms with Crippen molar-refractivity contribution < 1.29 is 18.6 Å². The van der Waals surface area contributed by atoms with Gasteiger partial charge in [-0.3, -0.25) is 19.3 Å². The van der Waals surface area contributed by atoms with Gasteiger partial charge in [-0.2, -0.15) is 0 Å². The van der Waals surface area contributed by atoms with E-state index in [9.17, 15) is 18.7 Å². The lowest BCUT2D eigenvalue weighted by molar-refractivity contribution is 0.0687. The molecule has 0 saturated heterocycles. The van der Waals surface area contributed by atoms with Crippen molar-refractivity contribution in [2.45, 2.75) is 58.7 Å². The summed E-state index contributed by atoms with van der Waals surface area (Å²) in [6.07, 6.45) is 6.31. The van der Waals surface area contributed by atoms with Gasteiger partial charge in [-0.05, 0) is 58.1 Å². The van der Waals surface area contributed by atoms with Crippen molar-refractivity contribution in [3.8, 4) is 22.8 Å². The molecule has 1 fully saturated rings. The first-order chi connectivity index (χ1) is 18.4. The first kappa shape index (κ1) is 26.8. The highest BCUT2D eigenvalue weighted by molar-refractivity contribution is 6.31. The van der Waals surface area contributed by atoms with Crippen molar-refractivity contribution in [1.29, 1.82) is 0 Å². The second kappa shape index (κ2) is 10.1. The van der Waals surface area contributed by atoms with Crippen molar-refractivity contribution in [1.82, 2.24) is 24.5 Å². The summed E-state index contributed by atoms with van der Waals surface area (Å²) in [6, 6.07) is 4.04. The number of halogens is 3. The zero-order valence-electron chi connectivity index (χ0n) is 21.8. The first-order valence-electron chi connectivity index (χ1n) is 12.4. The lowest BCUT2D eigenvalue weighted by Crippen LogP contribution is -2.23. The van der Waals surface area contributed by atoms with Gasteiger partial charge in [-0.1, -0.05) is 11.6 Å². The average molecular weight is 554 g/mol. The van der Waals surface area contributed by atoms with Crippen LogP contribution in [-0.2, 0) is 12.2 Å². The molecule has 0 radical (unpaired) electrons. The molecule has 1 N–H and O–H groups in total. The summed E-state index contributed by atoms with van der Waals surface area (Å²) in [5, 5.41) is 10.3. The van der Waals surface area contributed by atoms with Gasteiger partial charge in [0, 0.05) is 35.8 Å². The van der Waals surface area contributed by atoms with Crippen LogP contribution in [0.5, 0.6) is 5.75 Å². The quantitative estimate of drug-likeness (QED) is 0.330. The number of rotatable bonds is 7. The molecule has 4 heterocycles. The Kier molecular flexibility index (Phi) is 6.94. The van der Waals surface area contributed by atoms with E-state index in [0.717, 1.165) is 30.2 Å². The van der Waals surface area contributed by atoms with Crippen LogP contribution < -0.4 is 10.3 Å². The largest absolute Gasteiger partial charge is 0.485 e. The molecular weight excluding hydrogens is 528 g/mol. The van der Waals surface area contributed by atoms with Crippen LogP contribution in [0.15, 0.2) is 41.6 Å². The summed E-state index contributed by atoms with van der Waals surface area (Å²) in [7, 11) is 0. The van der Waals surface area contributed by atoms with Crippen LogP contribution in [0.1, 0.15) is 60.9 Å². The molecule has 0 unspecified atom stereocenters. The fraction of sp³-hybridized carbons (Fsp3) is 0.321. The van der Waals surface area contributed by atoms with Crippen LogP contribution in [0.2, 0.25) is 5.02 Å². The zero-order chi connectivity index (χ0) is 28.1. The van der Waals surface area contributed by atoms with Crippen molar-refractivity contribution in [3.63, 3.8) is 0 Å². The number of hydrogen-bond donors (Lipinski definition) is 1. The summed E-state index contributed by atoms with van der Waals surface area (Å²) < 4.78 is 34.2. The van der Waals surface area contributed by atoms with E-state index in [2.05, 4.69) is 19.9 Å². The van der Waals surface area contributed by atoms with Crippen LogP contribution >= 0.6 is 11.6 Å². The topological polar surface area (TPSA) is 103 Å². The van der Waals surface area contributed by atoms with Crippen LogP contribution in [0.4, 0.5) is 8.78 Å². The SMILES string of the molecule is Cc1cnc(-c2nc(C(C)(C)O)ncc2C2CC2)cc1-n1c(C)cc(OCc2ncc(F)cc2F)c(Cl)c1=O. The fourth-order valence-electron chi connectivity index (χ4n) is 4.25. The minimum atomic E-state index is -1.24. The van der Waals surface area contributed by atoms with Gasteiger partial charge in [-0.25, -0.2) is 18.7 Å². The predicted molar refractivity (Wildman–Crippen MR) is 141 cm³/mol. The molecule has 0 spiro atoms. The average Bonchev–Trinajstić information content (AvgIpc) is 3.72. The maximum atomic E-state index is 14.0. The fourth-order valence-corrected chi connectivity index (χ4v) is 4.44. The maximum Gasteiger partial charge on any atom is 0.277 e. The minimum absolute atomic E-state index is 0.0505. The lowest BCUT2D eigenvalue weighted by Gasteiger charge is -2.19. The van der Waals surface area contributed by atoms with Gasteiger partial charge >= 0.3 is 0 Å². The third-order valence-corrected chi connectivity index (χ3v) is 6.84. The van der Waals surface area contributed by atoms with Crippen molar-refractivity contribution in [3.05, 3.63) is 92.1 Å². The number of hydrogen-bond acceptors (Lipinski definition) is 7. The molecule has 1 aliphatic rings. The second-order valence-electron chi connectivity index (χ2n) is 10.2. The van der Waals surface area contributed by atoms with E-state index in [1.807, 2.05) is 6.92 Å². The number of aryl methyl sites for hydroxylation is 2. The third-order valence-electron chi connectivity index (χ3n) is 6.49. The standard InChI is InChI=1S/C28H26ClF2N5O3/c1-14-10-32-20(25-18(16-5-6-16)12-34-27(35-25)28(3,4)38)9-22(14)36-15(2)7-23(24(29)26(36)37)39-13-21-19(31)8-17(30)11-33-21/h7-12,16,38H,5-6,13H2,1-4H3. The molecule has 0 aliphatic heterocycles. The van der Waals surface area contributed by atoms with Crippen LogP contribution in [0.25, 0.3) is 17.1 Å². The number of pyridine rings is 3. The summed E-state index contributed by atoms with van der Waals surface area (Å²) >= 11 is 6.41. The molecule has 11 heteroatoms. The summed E-state index contributed by atoms with van der Waals surface area (Å²) in [4.78, 5) is 30.8. The second-order valence-corrected chi connectivity index (χ2v) is 10.5. The summed E-state index contributed by atoms with van der Waals surface area (Å²) in [6.45, 7) is 6.43. The highest BCUT2D eigenvalue weighted by Crippen LogP contribution is 2.43. The Hall–Kier alpha value is -3.76. The number of nitrogens with zero attached hydrogens (tertiary/aromatic N) is 5. The smallest absolute Gasteiger partial charge is 0.277 e. The molecule has 1 saturated carbocycles. The van der Waals surface area contributed by atoms with Gasteiger partial charge in [0.2, 0.25) is 0 Å². The number of aromatic nitrogens is 5. The van der Waals surface area contributed by atoms with Crippen LogP contribution in [-0.4, -0.2) is 29.6 Å². The molecule has 0 atom stereocenters. The molecule has 0 bridgehead atoms. The molecule has 202 valence electrons. The van der Waals surface area contributed by atoms with Crippen molar-refractivity contribution in [2.75, 3.05) is 0 Å². The van der Waals surface area contributed by atoms with Gasteiger partial charge in [-0.15, -0.1) is 0 Å². The third kappa shape index (κ3) is 5.39. The van der Waals surface area contributed by atoms with Crippen molar-refractivity contribution >= 4 is 11.6 Å². The molecule has 0 aromatic carbocycles. The Labute approximate surface area is 228 Å². The van der Waals surface area contributed by atoms with Gasteiger partial charge in [0.1, 0.15) is 34.5 Å². The highest BCUT2D eigenvalue weighted by Gasteiger charge is 2.31. The van der Waals surface area contributed by atoms with E-state index in [0.29, 0.717) is 34.8 Å². The van der Waals surface area contributed by atoms with E-state index in [-0.39, 0.29) is 28.9 Å². The first-order valence-corrected chi connectivity index (χ1v) is 12.7.